The zero-order valence-corrected chi connectivity index (χ0v) is 11.0. The van der Waals surface area contributed by atoms with Crippen molar-refractivity contribution in [1.29, 1.82) is 0 Å². The number of hydrogen-bond acceptors (Lipinski definition) is 2. The lowest BCUT2D eigenvalue weighted by Crippen LogP contribution is -2.15. The van der Waals surface area contributed by atoms with E-state index in [1.54, 1.807) is 7.11 Å². The van der Waals surface area contributed by atoms with Crippen molar-refractivity contribution in [3.05, 3.63) is 60.2 Å². The minimum Gasteiger partial charge on any atom is -0.383 e. The Morgan fingerprint density at radius 3 is 2.21 bits per heavy atom. The van der Waals surface area contributed by atoms with Crippen molar-refractivity contribution < 1.29 is 4.74 Å². The van der Waals surface area contributed by atoms with Crippen LogP contribution in [0.15, 0.2) is 54.6 Å². The fourth-order valence-corrected chi connectivity index (χ4v) is 2.46. The van der Waals surface area contributed by atoms with Crippen molar-refractivity contribution in [2.24, 2.45) is 5.73 Å². The number of nitrogens with two attached hydrogens (primary N) is 1. The largest absolute Gasteiger partial charge is 0.383 e. The summed E-state index contributed by atoms with van der Waals surface area (Å²) in [6.07, 6.45) is 0. The molecule has 0 radical (unpaired) electrons. The van der Waals surface area contributed by atoms with Gasteiger partial charge in [0.25, 0.3) is 0 Å². The number of benzene rings is 3. The van der Waals surface area contributed by atoms with Gasteiger partial charge in [0.05, 0.1) is 12.6 Å². The first-order valence-electron chi connectivity index (χ1n) is 6.45. The van der Waals surface area contributed by atoms with Gasteiger partial charge in [0.2, 0.25) is 0 Å². The molecule has 0 spiro atoms. The fourth-order valence-electron chi connectivity index (χ4n) is 2.46. The third-order valence-corrected chi connectivity index (χ3v) is 3.50. The zero-order chi connectivity index (χ0) is 13.2. The van der Waals surface area contributed by atoms with Gasteiger partial charge in [-0.15, -0.1) is 0 Å². The quantitative estimate of drug-likeness (QED) is 0.721. The first-order chi connectivity index (χ1) is 9.28. The van der Waals surface area contributed by atoms with Crippen molar-refractivity contribution >= 4 is 21.5 Å². The maximum absolute atomic E-state index is 6.08. The van der Waals surface area contributed by atoms with E-state index in [0.29, 0.717) is 6.61 Å². The average Bonchev–Trinajstić information content (AvgIpc) is 2.44. The van der Waals surface area contributed by atoms with Crippen LogP contribution in [0.2, 0.25) is 0 Å². The number of hydrogen-bond donors (Lipinski definition) is 1. The van der Waals surface area contributed by atoms with Gasteiger partial charge in [0.15, 0.2) is 0 Å². The summed E-state index contributed by atoms with van der Waals surface area (Å²) in [5.41, 5.74) is 7.20. The molecule has 96 valence electrons. The summed E-state index contributed by atoms with van der Waals surface area (Å²) in [6.45, 7) is 0.541. The van der Waals surface area contributed by atoms with Crippen LogP contribution >= 0.6 is 0 Å². The molecule has 3 rings (SSSR count). The molecule has 0 aromatic heterocycles. The topological polar surface area (TPSA) is 35.2 Å². The lowest BCUT2D eigenvalue weighted by molar-refractivity contribution is 0.181. The Labute approximate surface area is 112 Å². The molecule has 0 amide bonds. The van der Waals surface area contributed by atoms with E-state index in [1.165, 1.54) is 21.5 Å². The molecule has 2 nitrogen and oxygen atoms in total. The van der Waals surface area contributed by atoms with Gasteiger partial charge in [-0.2, -0.15) is 0 Å². The highest BCUT2D eigenvalue weighted by Gasteiger charge is 2.06. The Bertz CT molecular complexity index is 721. The summed E-state index contributed by atoms with van der Waals surface area (Å²) in [5, 5.41) is 4.99. The number of methoxy groups -OCH3 is 1. The van der Waals surface area contributed by atoms with E-state index in [4.69, 9.17) is 10.5 Å². The summed E-state index contributed by atoms with van der Waals surface area (Å²) in [6, 6.07) is 19.1. The van der Waals surface area contributed by atoms with Crippen LogP contribution in [-0.4, -0.2) is 13.7 Å². The van der Waals surface area contributed by atoms with Crippen LogP contribution in [0.4, 0.5) is 0 Å². The monoisotopic (exact) mass is 251 g/mol. The van der Waals surface area contributed by atoms with Crippen molar-refractivity contribution in [3.63, 3.8) is 0 Å². The second-order valence-electron chi connectivity index (χ2n) is 4.87. The lowest BCUT2D eigenvalue weighted by Gasteiger charge is -2.12. The molecule has 0 aliphatic carbocycles. The maximum atomic E-state index is 6.08. The summed E-state index contributed by atoms with van der Waals surface area (Å²) in [4.78, 5) is 0. The van der Waals surface area contributed by atoms with Gasteiger partial charge in [-0.3, -0.25) is 0 Å². The Morgan fingerprint density at radius 2 is 1.53 bits per heavy atom. The predicted octanol–water partition coefficient (Wildman–Crippen LogP) is 3.64. The van der Waals surface area contributed by atoms with E-state index in [1.807, 2.05) is 0 Å². The molecule has 19 heavy (non-hydrogen) atoms. The SMILES string of the molecule is COC[C@H](N)c1ccc2cc3ccccc3cc2c1. The third kappa shape index (κ3) is 2.33. The van der Waals surface area contributed by atoms with Crippen molar-refractivity contribution in [1.82, 2.24) is 0 Å². The Balaban J connectivity index is 2.14. The van der Waals surface area contributed by atoms with E-state index in [-0.39, 0.29) is 6.04 Å². The molecule has 3 aromatic carbocycles. The molecule has 0 unspecified atom stereocenters. The van der Waals surface area contributed by atoms with Crippen LogP contribution in [0.5, 0.6) is 0 Å². The minimum absolute atomic E-state index is 0.0686. The van der Waals surface area contributed by atoms with Crippen molar-refractivity contribution in [2.45, 2.75) is 6.04 Å². The lowest BCUT2D eigenvalue weighted by atomic mass is 9.99. The van der Waals surface area contributed by atoms with Crippen LogP contribution in [0.3, 0.4) is 0 Å². The van der Waals surface area contributed by atoms with Crippen LogP contribution in [0.25, 0.3) is 21.5 Å². The van der Waals surface area contributed by atoms with Gasteiger partial charge >= 0.3 is 0 Å². The van der Waals surface area contributed by atoms with Gasteiger partial charge in [0.1, 0.15) is 0 Å². The molecular weight excluding hydrogens is 234 g/mol. The minimum atomic E-state index is -0.0686. The third-order valence-electron chi connectivity index (χ3n) is 3.50. The van der Waals surface area contributed by atoms with E-state index in [2.05, 4.69) is 54.6 Å². The number of ether oxygens (including phenoxy) is 1. The Hall–Kier alpha value is -1.90. The molecule has 0 aliphatic heterocycles. The zero-order valence-electron chi connectivity index (χ0n) is 11.0. The number of fused-ring (bicyclic) bond motifs is 2. The first kappa shape index (κ1) is 12.2. The van der Waals surface area contributed by atoms with E-state index in [0.717, 1.165) is 5.56 Å². The van der Waals surface area contributed by atoms with E-state index < -0.39 is 0 Å². The highest BCUT2D eigenvalue weighted by Crippen LogP contribution is 2.25. The normalized spacial score (nSPS) is 12.9. The number of rotatable bonds is 3. The second kappa shape index (κ2) is 5.00. The molecule has 2 N–H and O–H groups in total. The average molecular weight is 251 g/mol. The summed E-state index contributed by atoms with van der Waals surface area (Å²) >= 11 is 0. The molecule has 0 heterocycles. The summed E-state index contributed by atoms with van der Waals surface area (Å²) in [7, 11) is 1.68. The van der Waals surface area contributed by atoms with Gasteiger partial charge in [-0.05, 0) is 45.3 Å². The molecule has 0 bridgehead atoms. The standard InChI is InChI=1S/C17H17NO/c1-19-11-17(18)15-7-6-14-8-12-4-2-3-5-13(12)9-16(14)10-15/h2-10,17H,11,18H2,1H3/t17-/m0/s1. The maximum Gasteiger partial charge on any atom is 0.0655 e. The molecule has 2 heteroatoms. The van der Waals surface area contributed by atoms with Crippen molar-refractivity contribution in [3.8, 4) is 0 Å². The van der Waals surface area contributed by atoms with Crippen LogP contribution in [0.1, 0.15) is 11.6 Å². The van der Waals surface area contributed by atoms with Crippen LogP contribution in [0, 0.1) is 0 Å². The fraction of sp³-hybridized carbons (Fsp3) is 0.176. The summed E-state index contributed by atoms with van der Waals surface area (Å²) in [5.74, 6) is 0. The van der Waals surface area contributed by atoms with E-state index in [9.17, 15) is 0 Å². The highest BCUT2D eigenvalue weighted by molar-refractivity contribution is 5.98. The van der Waals surface area contributed by atoms with Crippen molar-refractivity contribution in [2.75, 3.05) is 13.7 Å². The molecule has 0 aliphatic rings. The molecular formula is C17H17NO. The van der Waals surface area contributed by atoms with Gasteiger partial charge < -0.3 is 10.5 Å². The molecule has 0 fully saturated rings. The molecule has 0 saturated heterocycles. The summed E-state index contributed by atoms with van der Waals surface area (Å²) < 4.78 is 5.12. The van der Waals surface area contributed by atoms with Crippen LogP contribution in [-0.2, 0) is 4.74 Å². The van der Waals surface area contributed by atoms with Gasteiger partial charge in [-0.1, -0.05) is 36.4 Å². The van der Waals surface area contributed by atoms with Crippen LogP contribution < -0.4 is 5.73 Å². The Morgan fingerprint density at radius 1 is 0.895 bits per heavy atom. The van der Waals surface area contributed by atoms with Gasteiger partial charge in [-0.25, -0.2) is 0 Å². The second-order valence-corrected chi connectivity index (χ2v) is 4.87. The molecule has 1 atom stereocenters. The molecule has 0 saturated carbocycles. The predicted molar refractivity (Wildman–Crippen MR) is 80.3 cm³/mol. The van der Waals surface area contributed by atoms with E-state index >= 15 is 0 Å². The smallest absolute Gasteiger partial charge is 0.0655 e. The Kier molecular flexibility index (Phi) is 3.20. The molecule has 3 aromatic rings. The highest BCUT2D eigenvalue weighted by atomic mass is 16.5. The van der Waals surface area contributed by atoms with Gasteiger partial charge in [0, 0.05) is 7.11 Å². The first-order valence-corrected chi connectivity index (χ1v) is 6.45.